The van der Waals surface area contributed by atoms with Crippen LogP contribution in [0.5, 0.6) is 0 Å². The maximum atomic E-state index is 9.64. The molecule has 1 N–H and O–H groups in total. The topological polar surface area (TPSA) is 20.2 Å². The van der Waals surface area contributed by atoms with E-state index in [1.54, 1.807) is 0 Å². The average Bonchev–Trinajstić information content (AvgIpc) is 2.28. The molecule has 1 aromatic carbocycles. The number of hydrogen-bond donors (Lipinski definition) is 2. The van der Waals surface area contributed by atoms with Crippen molar-refractivity contribution in [3.05, 3.63) is 35.9 Å². The number of unbranched alkanes of at least 4 members (excludes halogenated alkanes) is 1. The van der Waals surface area contributed by atoms with Crippen molar-refractivity contribution in [2.45, 2.75) is 32.6 Å². The van der Waals surface area contributed by atoms with Gasteiger partial charge in [-0.25, -0.2) is 0 Å². The summed E-state index contributed by atoms with van der Waals surface area (Å²) in [4.78, 5) is 0. The molecule has 0 saturated heterocycles. The fourth-order valence-corrected chi connectivity index (χ4v) is 2.35. The van der Waals surface area contributed by atoms with Gasteiger partial charge in [0.05, 0.1) is 5.05 Å². The summed E-state index contributed by atoms with van der Waals surface area (Å²) in [6, 6.07) is 10.3. The molecule has 0 bridgehead atoms. The molecule has 1 nitrogen and oxygen atoms in total. The summed E-state index contributed by atoms with van der Waals surface area (Å²) in [5.74, 6) is 1.09. The minimum atomic E-state index is 0.632. The molecule has 0 spiro atoms. The van der Waals surface area contributed by atoms with Crippen LogP contribution in [-0.2, 0) is 6.42 Å². The van der Waals surface area contributed by atoms with Crippen LogP contribution in [0.3, 0.4) is 0 Å². The summed E-state index contributed by atoms with van der Waals surface area (Å²) >= 11 is 1.11. The molecule has 0 atom stereocenters. The first-order valence-corrected chi connectivity index (χ1v) is 6.67. The quantitative estimate of drug-likeness (QED) is 0.430. The van der Waals surface area contributed by atoms with E-state index in [1.165, 1.54) is 18.4 Å². The third-order valence-electron chi connectivity index (χ3n) is 2.29. The van der Waals surface area contributed by atoms with Gasteiger partial charge in [0, 0.05) is 6.42 Å². The van der Waals surface area contributed by atoms with Crippen LogP contribution >= 0.6 is 11.4 Å². The van der Waals surface area contributed by atoms with Gasteiger partial charge in [0.15, 0.2) is 0 Å². The Bertz CT molecular complexity index is 293. The Kier molecular flexibility index (Phi) is 6.37. The first-order chi connectivity index (χ1) is 7.33. The van der Waals surface area contributed by atoms with Crippen molar-refractivity contribution in [3.8, 4) is 0 Å². The SMILES string of the molecule is CCCC[SH]=C(O)CCc1ccccc1. The van der Waals surface area contributed by atoms with E-state index in [2.05, 4.69) is 19.1 Å². The Hall–Kier alpha value is -0.600. The largest absolute Gasteiger partial charge is 0.360 e. The zero-order valence-electron chi connectivity index (χ0n) is 9.32. The van der Waals surface area contributed by atoms with Crippen LogP contribution in [0.1, 0.15) is 31.7 Å². The van der Waals surface area contributed by atoms with Crippen molar-refractivity contribution in [2.24, 2.45) is 0 Å². The molecule has 0 aliphatic heterocycles. The van der Waals surface area contributed by atoms with E-state index in [9.17, 15) is 5.11 Å². The summed E-state index contributed by atoms with van der Waals surface area (Å²) in [5.41, 5.74) is 1.30. The molecule has 0 radical (unpaired) electrons. The molecule has 0 amide bonds. The number of aliphatic hydroxyl groups excluding tert-OH is 1. The molecule has 0 unspecified atom stereocenters. The maximum absolute atomic E-state index is 9.64. The number of aryl methyl sites for hydroxylation is 1. The molecule has 1 rings (SSSR count). The number of rotatable bonds is 6. The normalized spacial score (nSPS) is 12.3. The van der Waals surface area contributed by atoms with Crippen molar-refractivity contribution in [3.63, 3.8) is 0 Å². The van der Waals surface area contributed by atoms with E-state index in [4.69, 9.17) is 0 Å². The number of thiol groups is 1. The van der Waals surface area contributed by atoms with Gasteiger partial charge in [-0.15, -0.1) is 0 Å². The second kappa shape index (κ2) is 7.66. The number of benzene rings is 1. The third-order valence-corrected chi connectivity index (χ3v) is 3.41. The highest BCUT2D eigenvalue weighted by molar-refractivity contribution is 7.98. The van der Waals surface area contributed by atoms with Crippen molar-refractivity contribution in [2.75, 3.05) is 5.75 Å². The van der Waals surface area contributed by atoms with Gasteiger partial charge < -0.3 is 5.11 Å². The van der Waals surface area contributed by atoms with E-state index < -0.39 is 0 Å². The minimum absolute atomic E-state index is 0.632. The second-order valence-corrected chi connectivity index (χ2v) is 4.92. The fraction of sp³-hybridized carbons (Fsp3) is 0.462. The molecular formula is C13H20OS. The summed E-state index contributed by atoms with van der Waals surface area (Å²) in [7, 11) is 0. The zero-order chi connectivity index (χ0) is 10.9. The Morgan fingerprint density at radius 2 is 2.00 bits per heavy atom. The van der Waals surface area contributed by atoms with Crippen molar-refractivity contribution < 1.29 is 5.11 Å². The molecule has 0 heterocycles. The van der Waals surface area contributed by atoms with Gasteiger partial charge in [-0.1, -0.05) is 43.7 Å². The van der Waals surface area contributed by atoms with Crippen LogP contribution in [0.2, 0.25) is 0 Å². The highest BCUT2D eigenvalue weighted by atomic mass is 32.1. The first-order valence-electron chi connectivity index (χ1n) is 5.59. The molecule has 1 aromatic rings. The standard InChI is InChI=1S/C13H20OS/c1-2-3-11-15-13(14)10-9-12-7-5-4-6-8-12/h4-8,14-15H,2-3,9-11H2,1H3. The molecule has 15 heavy (non-hydrogen) atoms. The molecular weight excluding hydrogens is 204 g/mol. The molecule has 0 aliphatic carbocycles. The Labute approximate surface area is 96.1 Å². The van der Waals surface area contributed by atoms with E-state index in [0.29, 0.717) is 5.05 Å². The first kappa shape index (κ1) is 12.5. The molecule has 0 aromatic heterocycles. The Morgan fingerprint density at radius 3 is 2.67 bits per heavy atom. The monoisotopic (exact) mass is 224 g/mol. The van der Waals surface area contributed by atoms with Crippen molar-refractivity contribution in [1.82, 2.24) is 0 Å². The lowest BCUT2D eigenvalue weighted by Crippen LogP contribution is -1.97. The lowest BCUT2D eigenvalue weighted by atomic mass is 10.1. The van der Waals surface area contributed by atoms with Crippen LogP contribution in [-0.4, -0.2) is 15.9 Å². The highest BCUT2D eigenvalue weighted by Gasteiger charge is 1.94. The number of aliphatic hydroxyl groups is 1. The van der Waals surface area contributed by atoms with Crippen LogP contribution in [0.4, 0.5) is 0 Å². The molecule has 0 fully saturated rings. The lowest BCUT2D eigenvalue weighted by molar-refractivity contribution is 0.547. The Morgan fingerprint density at radius 1 is 1.27 bits per heavy atom. The van der Waals surface area contributed by atoms with Crippen LogP contribution in [0.15, 0.2) is 30.3 Å². The van der Waals surface area contributed by atoms with E-state index in [0.717, 1.165) is 29.9 Å². The van der Waals surface area contributed by atoms with Gasteiger partial charge in [-0.3, -0.25) is 0 Å². The molecule has 0 saturated carbocycles. The fourth-order valence-electron chi connectivity index (χ4n) is 1.35. The second-order valence-electron chi connectivity index (χ2n) is 3.64. The summed E-state index contributed by atoms with van der Waals surface area (Å²) in [6.07, 6.45) is 4.16. The molecule has 0 aliphatic rings. The summed E-state index contributed by atoms with van der Waals surface area (Å²) < 4.78 is 0. The highest BCUT2D eigenvalue weighted by Crippen LogP contribution is 2.05. The van der Waals surface area contributed by atoms with Crippen LogP contribution < -0.4 is 0 Å². The maximum Gasteiger partial charge on any atom is 0.0698 e. The number of hydrogen-bond acceptors (Lipinski definition) is 0. The predicted molar refractivity (Wildman–Crippen MR) is 71.2 cm³/mol. The van der Waals surface area contributed by atoms with Crippen LogP contribution in [0, 0.1) is 0 Å². The lowest BCUT2D eigenvalue weighted by Gasteiger charge is -2.01. The zero-order valence-corrected chi connectivity index (χ0v) is 10.2. The smallest absolute Gasteiger partial charge is 0.0698 e. The minimum Gasteiger partial charge on any atom is -0.360 e. The van der Waals surface area contributed by atoms with Gasteiger partial charge in [-0.2, -0.15) is 11.4 Å². The van der Waals surface area contributed by atoms with Gasteiger partial charge in [0.1, 0.15) is 0 Å². The molecule has 2 heteroatoms. The van der Waals surface area contributed by atoms with Gasteiger partial charge in [0.25, 0.3) is 0 Å². The average molecular weight is 224 g/mol. The van der Waals surface area contributed by atoms with Gasteiger partial charge >= 0.3 is 0 Å². The van der Waals surface area contributed by atoms with Crippen molar-refractivity contribution in [1.29, 1.82) is 0 Å². The van der Waals surface area contributed by atoms with E-state index in [-0.39, 0.29) is 0 Å². The summed E-state index contributed by atoms with van der Waals surface area (Å²) in [6.45, 7) is 2.18. The van der Waals surface area contributed by atoms with E-state index >= 15 is 0 Å². The van der Waals surface area contributed by atoms with Crippen molar-refractivity contribution >= 4 is 16.4 Å². The Balaban J connectivity index is 2.28. The summed E-state index contributed by atoms with van der Waals surface area (Å²) in [5, 5.41) is 10.3. The molecule has 84 valence electrons. The third kappa shape index (κ3) is 5.75. The van der Waals surface area contributed by atoms with Gasteiger partial charge in [-0.05, 0) is 24.2 Å². The predicted octanol–water partition coefficient (Wildman–Crippen LogP) is 3.57. The van der Waals surface area contributed by atoms with Crippen LogP contribution in [0.25, 0.3) is 0 Å². The van der Waals surface area contributed by atoms with Gasteiger partial charge in [0.2, 0.25) is 0 Å². The van der Waals surface area contributed by atoms with E-state index in [1.807, 2.05) is 18.2 Å².